The summed E-state index contributed by atoms with van der Waals surface area (Å²) in [5.41, 5.74) is 0.483. The number of nitrogens with zero attached hydrogens (tertiary/aromatic N) is 1. The molecule has 12 heavy (non-hydrogen) atoms. The first-order valence-corrected chi connectivity index (χ1v) is 4.49. The third kappa shape index (κ3) is 0.866. The number of aliphatic hydroxyl groups excluding tert-OH is 1. The average Bonchev–Trinajstić information content (AvgIpc) is 2.60. The van der Waals surface area contributed by atoms with Crippen molar-refractivity contribution < 1.29 is 9.50 Å². The van der Waals surface area contributed by atoms with Crippen LogP contribution < -0.4 is 0 Å². The molecular formula is C9H14FNO. The van der Waals surface area contributed by atoms with Gasteiger partial charge in [0.2, 0.25) is 0 Å². The van der Waals surface area contributed by atoms with Gasteiger partial charge in [0.15, 0.2) is 0 Å². The van der Waals surface area contributed by atoms with Gasteiger partial charge in [0.05, 0.1) is 18.5 Å². The van der Waals surface area contributed by atoms with Gasteiger partial charge < -0.3 is 5.11 Å². The highest BCUT2D eigenvalue weighted by Gasteiger charge is 2.47. The van der Waals surface area contributed by atoms with Crippen LogP contribution in [0.3, 0.4) is 0 Å². The maximum atomic E-state index is 12.5. The Kier molecular flexibility index (Phi) is 1.93. The summed E-state index contributed by atoms with van der Waals surface area (Å²) in [6, 6.07) is 0. The summed E-state index contributed by atoms with van der Waals surface area (Å²) in [5, 5.41) is 9.28. The molecule has 1 atom stereocenters. The van der Waals surface area contributed by atoms with Crippen molar-refractivity contribution in [1.82, 2.24) is 4.90 Å². The highest BCUT2D eigenvalue weighted by atomic mass is 19.1. The molecule has 3 heteroatoms. The first kappa shape index (κ1) is 8.20. The molecule has 2 fully saturated rings. The van der Waals surface area contributed by atoms with E-state index in [0.717, 1.165) is 37.9 Å². The standard InChI is InChI=1S/C9H14FNO/c10-6-8-2-5-11-4-1-3-9(8,11)7-12/h6,12H,1-5,7H2/b8-6+/t9-/m1/s1. The van der Waals surface area contributed by atoms with Crippen LogP contribution in [0.2, 0.25) is 0 Å². The lowest BCUT2D eigenvalue weighted by atomic mass is 9.91. The Morgan fingerprint density at radius 2 is 2.42 bits per heavy atom. The van der Waals surface area contributed by atoms with Gasteiger partial charge in [-0.2, -0.15) is 0 Å². The molecule has 2 heterocycles. The predicted octanol–water partition coefficient (Wildman–Crippen LogP) is 1.07. The Morgan fingerprint density at radius 1 is 1.58 bits per heavy atom. The third-order valence-corrected chi connectivity index (χ3v) is 3.27. The zero-order valence-corrected chi connectivity index (χ0v) is 7.09. The summed E-state index contributed by atoms with van der Waals surface area (Å²) < 4.78 is 12.5. The quantitative estimate of drug-likeness (QED) is 0.638. The number of hydrogen-bond donors (Lipinski definition) is 1. The lowest BCUT2D eigenvalue weighted by Crippen LogP contribution is -2.42. The van der Waals surface area contributed by atoms with Crippen molar-refractivity contribution in [1.29, 1.82) is 0 Å². The molecule has 0 aromatic heterocycles. The molecule has 1 N–H and O–H groups in total. The molecule has 2 saturated heterocycles. The van der Waals surface area contributed by atoms with Gasteiger partial charge in [-0.25, -0.2) is 4.39 Å². The second kappa shape index (κ2) is 2.82. The Balaban J connectivity index is 2.31. The number of hydrogen-bond acceptors (Lipinski definition) is 2. The van der Waals surface area contributed by atoms with Crippen LogP contribution in [0.5, 0.6) is 0 Å². The van der Waals surface area contributed by atoms with Crippen LogP contribution in [0.15, 0.2) is 11.9 Å². The highest BCUT2D eigenvalue weighted by Crippen LogP contribution is 2.42. The first-order chi connectivity index (χ1) is 5.83. The Labute approximate surface area is 71.7 Å². The summed E-state index contributed by atoms with van der Waals surface area (Å²) in [6.45, 7) is 2.00. The minimum atomic E-state index is -0.311. The van der Waals surface area contributed by atoms with Crippen molar-refractivity contribution in [2.24, 2.45) is 0 Å². The van der Waals surface area contributed by atoms with E-state index in [1.54, 1.807) is 0 Å². The van der Waals surface area contributed by atoms with Gasteiger partial charge in [-0.1, -0.05) is 0 Å². The van der Waals surface area contributed by atoms with Crippen molar-refractivity contribution in [2.45, 2.75) is 24.8 Å². The summed E-state index contributed by atoms with van der Waals surface area (Å²) in [4.78, 5) is 2.21. The van der Waals surface area contributed by atoms with Crippen LogP contribution in [0.25, 0.3) is 0 Å². The van der Waals surface area contributed by atoms with E-state index in [9.17, 15) is 9.50 Å². The van der Waals surface area contributed by atoms with Gasteiger partial charge in [-0.3, -0.25) is 4.90 Å². The van der Waals surface area contributed by atoms with E-state index in [4.69, 9.17) is 0 Å². The molecule has 0 spiro atoms. The van der Waals surface area contributed by atoms with Crippen molar-refractivity contribution in [3.63, 3.8) is 0 Å². The van der Waals surface area contributed by atoms with Gasteiger partial charge >= 0.3 is 0 Å². The zero-order chi connectivity index (χ0) is 8.60. The molecule has 2 nitrogen and oxygen atoms in total. The lowest BCUT2D eigenvalue weighted by Gasteiger charge is -2.30. The number of halogens is 1. The number of rotatable bonds is 1. The Bertz CT molecular complexity index is 217. The molecule has 0 aliphatic carbocycles. The molecule has 2 aliphatic heterocycles. The highest BCUT2D eigenvalue weighted by molar-refractivity contribution is 5.26. The van der Waals surface area contributed by atoms with E-state index >= 15 is 0 Å². The molecule has 0 aromatic rings. The van der Waals surface area contributed by atoms with Gasteiger partial charge in [0.25, 0.3) is 0 Å². The van der Waals surface area contributed by atoms with Crippen LogP contribution in [-0.4, -0.2) is 35.2 Å². The second-order valence-electron chi connectivity index (χ2n) is 3.66. The fourth-order valence-corrected chi connectivity index (χ4v) is 2.55. The largest absolute Gasteiger partial charge is 0.394 e. The van der Waals surface area contributed by atoms with Gasteiger partial charge in [0.1, 0.15) is 0 Å². The average molecular weight is 171 g/mol. The normalized spacial score (nSPS) is 39.3. The predicted molar refractivity (Wildman–Crippen MR) is 44.4 cm³/mol. The van der Waals surface area contributed by atoms with Crippen LogP contribution in [0.4, 0.5) is 4.39 Å². The van der Waals surface area contributed by atoms with Crippen molar-refractivity contribution in [2.75, 3.05) is 19.7 Å². The third-order valence-electron chi connectivity index (χ3n) is 3.27. The SMILES string of the molecule is OC[C@@]12CCCN1CC/C2=C\F. The minimum Gasteiger partial charge on any atom is -0.394 e. The van der Waals surface area contributed by atoms with Crippen LogP contribution in [0.1, 0.15) is 19.3 Å². The molecule has 0 amide bonds. The fourth-order valence-electron chi connectivity index (χ4n) is 2.55. The topological polar surface area (TPSA) is 23.5 Å². The van der Waals surface area contributed by atoms with Crippen molar-refractivity contribution >= 4 is 0 Å². The first-order valence-electron chi connectivity index (χ1n) is 4.49. The van der Waals surface area contributed by atoms with E-state index in [2.05, 4.69) is 4.90 Å². The van der Waals surface area contributed by atoms with Crippen LogP contribution >= 0.6 is 0 Å². The van der Waals surface area contributed by atoms with Crippen LogP contribution in [-0.2, 0) is 0 Å². The summed E-state index contributed by atoms with van der Waals surface area (Å²) >= 11 is 0. The fraction of sp³-hybridized carbons (Fsp3) is 0.778. The maximum Gasteiger partial charge on any atom is 0.0878 e. The molecule has 0 bridgehead atoms. The molecular weight excluding hydrogens is 157 g/mol. The summed E-state index contributed by atoms with van der Waals surface area (Å²) in [7, 11) is 0. The molecule has 0 unspecified atom stereocenters. The number of fused-ring (bicyclic) bond motifs is 1. The molecule has 68 valence electrons. The maximum absolute atomic E-state index is 12.5. The molecule has 0 saturated carbocycles. The Hall–Kier alpha value is -0.410. The Morgan fingerprint density at radius 3 is 3.08 bits per heavy atom. The summed E-state index contributed by atoms with van der Waals surface area (Å²) in [5.74, 6) is 0. The lowest BCUT2D eigenvalue weighted by molar-refractivity contribution is 0.122. The van der Waals surface area contributed by atoms with Gasteiger partial charge in [-0.15, -0.1) is 0 Å². The molecule has 2 aliphatic rings. The van der Waals surface area contributed by atoms with Crippen LogP contribution in [0, 0.1) is 0 Å². The van der Waals surface area contributed by atoms with E-state index in [0.29, 0.717) is 6.33 Å². The molecule has 2 rings (SSSR count). The van der Waals surface area contributed by atoms with Gasteiger partial charge in [-0.05, 0) is 31.4 Å². The zero-order valence-electron chi connectivity index (χ0n) is 7.09. The monoisotopic (exact) mass is 171 g/mol. The molecule has 0 aromatic carbocycles. The van der Waals surface area contributed by atoms with Crippen molar-refractivity contribution in [3.8, 4) is 0 Å². The second-order valence-corrected chi connectivity index (χ2v) is 3.66. The van der Waals surface area contributed by atoms with E-state index in [-0.39, 0.29) is 12.1 Å². The van der Waals surface area contributed by atoms with E-state index in [1.807, 2.05) is 0 Å². The smallest absolute Gasteiger partial charge is 0.0878 e. The summed E-state index contributed by atoms with van der Waals surface area (Å²) in [6.07, 6.45) is 3.48. The van der Waals surface area contributed by atoms with Crippen molar-refractivity contribution in [3.05, 3.63) is 11.9 Å². The van der Waals surface area contributed by atoms with E-state index < -0.39 is 0 Å². The minimum absolute atomic E-state index is 0.0722. The number of aliphatic hydroxyl groups is 1. The molecule has 0 radical (unpaired) electrons. The van der Waals surface area contributed by atoms with E-state index in [1.165, 1.54) is 0 Å². The van der Waals surface area contributed by atoms with Gasteiger partial charge in [0, 0.05) is 6.54 Å².